The lowest BCUT2D eigenvalue weighted by Gasteiger charge is -2.12. The van der Waals surface area contributed by atoms with Gasteiger partial charge in [-0.1, -0.05) is 6.92 Å². The van der Waals surface area contributed by atoms with Gasteiger partial charge in [0, 0.05) is 31.1 Å². The molecule has 1 heterocycles. The van der Waals surface area contributed by atoms with Crippen LogP contribution in [0, 0.1) is 0 Å². The van der Waals surface area contributed by atoms with Gasteiger partial charge in [-0.2, -0.15) is 0 Å². The van der Waals surface area contributed by atoms with Crippen LogP contribution in [0.4, 0.5) is 0 Å². The van der Waals surface area contributed by atoms with Crippen molar-refractivity contribution in [1.29, 1.82) is 0 Å². The minimum atomic E-state index is 0.00632. The van der Waals surface area contributed by atoms with Crippen molar-refractivity contribution in [3.05, 3.63) is 23.8 Å². The molecule has 1 aromatic heterocycles. The van der Waals surface area contributed by atoms with Gasteiger partial charge in [0.15, 0.2) is 5.82 Å². The quantitative estimate of drug-likeness (QED) is 0.772. The van der Waals surface area contributed by atoms with Gasteiger partial charge in [0.2, 0.25) is 0 Å². The molecule has 1 unspecified atom stereocenters. The molecule has 0 aliphatic carbocycles. The van der Waals surface area contributed by atoms with Gasteiger partial charge in [0.05, 0.1) is 0 Å². The predicted octanol–water partition coefficient (Wildman–Crippen LogP) is 1.42. The Labute approximate surface area is 84.5 Å². The van der Waals surface area contributed by atoms with Crippen LogP contribution in [0.5, 0.6) is 0 Å². The molecule has 0 amide bonds. The van der Waals surface area contributed by atoms with Crippen LogP contribution >= 0.6 is 0 Å². The van der Waals surface area contributed by atoms with Gasteiger partial charge in [-0.05, 0) is 13.3 Å². The van der Waals surface area contributed by atoms with Crippen LogP contribution in [0.15, 0.2) is 12.4 Å². The van der Waals surface area contributed by atoms with E-state index in [1.54, 1.807) is 12.4 Å². The Balaban J connectivity index is 2.73. The van der Waals surface area contributed by atoms with Crippen LogP contribution in [0.3, 0.4) is 0 Å². The maximum atomic E-state index is 5.49. The maximum absolute atomic E-state index is 5.49. The molecular formula is C10H17N3O. The summed E-state index contributed by atoms with van der Waals surface area (Å²) in [6.45, 7) is 5.18. The fourth-order valence-electron chi connectivity index (χ4n) is 1.21. The lowest BCUT2D eigenvalue weighted by Crippen LogP contribution is -2.08. The summed E-state index contributed by atoms with van der Waals surface area (Å²) in [6.07, 6.45) is 4.40. The standard InChI is InChI=1S/C10H17N3O/c1-3-9(14-4-2)10-12-6-8(5-11)7-13-10/h6-7,9H,3-5,11H2,1-2H3. The van der Waals surface area contributed by atoms with Crippen molar-refractivity contribution in [2.45, 2.75) is 32.9 Å². The summed E-state index contributed by atoms with van der Waals surface area (Å²) in [5, 5.41) is 0. The third-order valence-corrected chi connectivity index (χ3v) is 1.99. The molecule has 0 saturated heterocycles. The van der Waals surface area contributed by atoms with Crippen LogP contribution < -0.4 is 5.73 Å². The lowest BCUT2D eigenvalue weighted by atomic mass is 10.2. The van der Waals surface area contributed by atoms with E-state index < -0.39 is 0 Å². The van der Waals surface area contributed by atoms with E-state index in [0.717, 1.165) is 17.8 Å². The fourth-order valence-corrected chi connectivity index (χ4v) is 1.21. The molecule has 1 aromatic rings. The van der Waals surface area contributed by atoms with Crippen molar-refractivity contribution in [2.24, 2.45) is 5.73 Å². The number of aromatic nitrogens is 2. The molecule has 0 aliphatic rings. The first-order valence-electron chi connectivity index (χ1n) is 4.94. The first-order chi connectivity index (χ1) is 6.81. The maximum Gasteiger partial charge on any atom is 0.157 e. The van der Waals surface area contributed by atoms with Gasteiger partial charge in [0.1, 0.15) is 6.10 Å². The highest BCUT2D eigenvalue weighted by atomic mass is 16.5. The van der Waals surface area contributed by atoms with Crippen molar-refractivity contribution in [1.82, 2.24) is 9.97 Å². The van der Waals surface area contributed by atoms with Crippen LogP contribution in [0.1, 0.15) is 37.8 Å². The summed E-state index contributed by atoms with van der Waals surface area (Å²) in [4.78, 5) is 8.45. The molecule has 1 atom stereocenters. The Hall–Kier alpha value is -1.00. The monoisotopic (exact) mass is 195 g/mol. The molecular weight excluding hydrogens is 178 g/mol. The van der Waals surface area contributed by atoms with E-state index in [1.807, 2.05) is 6.92 Å². The molecule has 0 fully saturated rings. The molecule has 14 heavy (non-hydrogen) atoms. The largest absolute Gasteiger partial charge is 0.371 e. The molecule has 0 radical (unpaired) electrons. The highest BCUT2D eigenvalue weighted by Crippen LogP contribution is 2.16. The van der Waals surface area contributed by atoms with Crippen LogP contribution in [0.2, 0.25) is 0 Å². The van der Waals surface area contributed by atoms with E-state index in [2.05, 4.69) is 16.9 Å². The van der Waals surface area contributed by atoms with Crippen molar-refractivity contribution < 1.29 is 4.74 Å². The number of nitrogens with zero attached hydrogens (tertiary/aromatic N) is 2. The van der Waals surface area contributed by atoms with Crippen molar-refractivity contribution in [3.63, 3.8) is 0 Å². The molecule has 78 valence electrons. The summed E-state index contributed by atoms with van der Waals surface area (Å²) in [5.41, 5.74) is 6.40. The van der Waals surface area contributed by atoms with Crippen molar-refractivity contribution in [2.75, 3.05) is 6.61 Å². The molecule has 0 spiro atoms. The van der Waals surface area contributed by atoms with E-state index in [-0.39, 0.29) is 6.10 Å². The molecule has 0 aliphatic heterocycles. The highest BCUT2D eigenvalue weighted by molar-refractivity contribution is 5.05. The zero-order chi connectivity index (χ0) is 10.4. The summed E-state index contributed by atoms with van der Waals surface area (Å²) >= 11 is 0. The van der Waals surface area contributed by atoms with Gasteiger partial charge in [-0.3, -0.25) is 0 Å². The molecule has 2 N–H and O–H groups in total. The van der Waals surface area contributed by atoms with E-state index in [9.17, 15) is 0 Å². The van der Waals surface area contributed by atoms with Gasteiger partial charge in [-0.25, -0.2) is 9.97 Å². The Kier molecular flexibility index (Phi) is 4.49. The minimum Gasteiger partial charge on any atom is -0.371 e. The van der Waals surface area contributed by atoms with E-state index in [4.69, 9.17) is 10.5 Å². The second kappa shape index (κ2) is 5.67. The van der Waals surface area contributed by atoms with Gasteiger partial charge < -0.3 is 10.5 Å². The third kappa shape index (κ3) is 2.75. The molecule has 1 rings (SSSR count). The second-order valence-corrected chi connectivity index (χ2v) is 3.01. The van der Waals surface area contributed by atoms with Crippen molar-refractivity contribution in [3.8, 4) is 0 Å². The summed E-state index contributed by atoms with van der Waals surface area (Å²) in [5.74, 6) is 0.742. The zero-order valence-electron chi connectivity index (χ0n) is 8.73. The van der Waals surface area contributed by atoms with Crippen LogP contribution in [-0.2, 0) is 11.3 Å². The number of ether oxygens (including phenoxy) is 1. The number of hydrogen-bond donors (Lipinski definition) is 1. The Morgan fingerprint density at radius 1 is 1.36 bits per heavy atom. The molecule has 4 heteroatoms. The lowest BCUT2D eigenvalue weighted by molar-refractivity contribution is 0.0534. The summed E-state index contributed by atoms with van der Waals surface area (Å²) in [6, 6.07) is 0. The average Bonchev–Trinajstić information content (AvgIpc) is 2.26. The summed E-state index contributed by atoms with van der Waals surface area (Å²) < 4.78 is 5.49. The minimum absolute atomic E-state index is 0.00632. The Morgan fingerprint density at radius 3 is 2.43 bits per heavy atom. The van der Waals surface area contributed by atoms with E-state index >= 15 is 0 Å². The normalized spacial score (nSPS) is 12.8. The number of nitrogens with two attached hydrogens (primary N) is 1. The number of hydrogen-bond acceptors (Lipinski definition) is 4. The first kappa shape index (κ1) is 11.1. The van der Waals surface area contributed by atoms with E-state index in [0.29, 0.717) is 13.2 Å². The number of rotatable bonds is 5. The molecule has 4 nitrogen and oxygen atoms in total. The molecule has 0 aromatic carbocycles. The Bertz CT molecular complexity index is 261. The van der Waals surface area contributed by atoms with Gasteiger partial charge >= 0.3 is 0 Å². The van der Waals surface area contributed by atoms with Crippen LogP contribution in [-0.4, -0.2) is 16.6 Å². The van der Waals surface area contributed by atoms with Gasteiger partial charge in [-0.15, -0.1) is 0 Å². The molecule has 0 bridgehead atoms. The van der Waals surface area contributed by atoms with E-state index in [1.165, 1.54) is 0 Å². The predicted molar refractivity (Wildman–Crippen MR) is 54.6 cm³/mol. The molecule has 0 saturated carbocycles. The SMILES string of the molecule is CCOC(CC)c1ncc(CN)cn1. The second-order valence-electron chi connectivity index (χ2n) is 3.01. The Morgan fingerprint density at radius 2 is 2.00 bits per heavy atom. The average molecular weight is 195 g/mol. The highest BCUT2D eigenvalue weighted by Gasteiger charge is 2.11. The topological polar surface area (TPSA) is 61.0 Å². The zero-order valence-corrected chi connectivity index (χ0v) is 8.73. The third-order valence-electron chi connectivity index (χ3n) is 1.99. The van der Waals surface area contributed by atoms with Crippen LogP contribution in [0.25, 0.3) is 0 Å². The fraction of sp³-hybridized carbons (Fsp3) is 0.600. The first-order valence-corrected chi connectivity index (χ1v) is 4.94. The summed E-state index contributed by atoms with van der Waals surface area (Å²) in [7, 11) is 0. The van der Waals surface area contributed by atoms with Gasteiger partial charge in [0.25, 0.3) is 0 Å². The smallest absolute Gasteiger partial charge is 0.157 e. The van der Waals surface area contributed by atoms with Crippen molar-refractivity contribution >= 4 is 0 Å².